The van der Waals surface area contributed by atoms with E-state index in [1.807, 2.05) is 13.8 Å². The van der Waals surface area contributed by atoms with Crippen LogP contribution < -0.4 is 11.1 Å². The number of carbonyl (C=O) groups excluding carboxylic acids is 1. The zero-order valence-electron chi connectivity index (χ0n) is 12.4. The average Bonchev–Trinajstić information content (AvgIpc) is 2.49. The normalized spacial score (nSPS) is 18.0. The van der Waals surface area contributed by atoms with Gasteiger partial charge in [0.2, 0.25) is 5.91 Å². The van der Waals surface area contributed by atoms with E-state index in [0.29, 0.717) is 19.4 Å². The van der Waals surface area contributed by atoms with E-state index in [4.69, 9.17) is 15.7 Å². The molecule has 0 aromatic rings. The largest absolute Gasteiger partial charge is 0.409 e. The van der Waals surface area contributed by atoms with Crippen molar-refractivity contribution < 1.29 is 14.7 Å². The van der Waals surface area contributed by atoms with Gasteiger partial charge in [-0.25, -0.2) is 0 Å². The molecule has 0 saturated carbocycles. The molecule has 7 nitrogen and oxygen atoms in total. The maximum absolute atomic E-state index is 12.3. The minimum atomic E-state index is -0.917. The SMILES string of the molecule is CCC(CC)(C(=O)NCCN1CCOCC1)C(N)=NO. The molecule has 1 amide bonds. The Labute approximate surface area is 120 Å². The van der Waals surface area contributed by atoms with E-state index >= 15 is 0 Å². The summed E-state index contributed by atoms with van der Waals surface area (Å²) >= 11 is 0. The first-order valence-electron chi connectivity index (χ1n) is 7.17. The fourth-order valence-corrected chi connectivity index (χ4v) is 2.47. The summed E-state index contributed by atoms with van der Waals surface area (Å²) in [7, 11) is 0. The molecule has 7 heteroatoms. The predicted molar refractivity (Wildman–Crippen MR) is 76.7 cm³/mol. The molecule has 0 bridgehead atoms. The summed E-state index contributed by atoms with van der Waals surface area (Å²) in [6.45, 7) is 8.34. The van der Waals surface area contributed by atoms with Crippen LogP contribution in [0.3, 0.4) is 0 Å². The van der Waals surface area contributed by atoms with Crippen molar-refractivity contribution in [2.45, 2.75) is 26.7 Å². The Balaban J connectivity index is 2.50. The Hall–Kier alpha value is -1.34. The molecule has 0 unspecified atom stereocenters. The van der Waals surface area contributed by atoms with E-state index < -0.39 is 5.41 Å². The van der Waals surface area contributed by atoms with Crippen LogP contribution in [0.15, 0.2) is 5.16 Å². The molecule has 20 heavy (non-hydrogen) atoms. The van der Waals surface area contributed by atoms with Crippen LogP contribution in [0.1, 0.15) is 26.7 Å². The summed E-state index contributed by atoms with van der Waals surface area (Å²) in [6, 6.07) is 0. The van der Waals surface area contributed by atoms with Crippen molar-refractivity contribution in [1.82, 2.24) is 10.2 Å². The van der Waals surface area contributed by atoms with E-state index in [1.165, 1.54) is 0 Å². The summed E-state index contributed by atoms with van der Waals surface area (Å²) < 4.78 is 5.27. The fourth-order valence-electron chi connectivity index (χ4n) is 2.47. The van der Waals surface area contributed by atoms with Gasteiger partial charge >= 0.3 is 0 Å². The number of carbonyl (C=O) groups is 1. The zero-order valence-corrected chi connectivity index (χ0v) is 12.4. The number of amides is 1. The number of oxime groups is 1. The van der Waals surface area contributed by atoms with Gasteiger partial charge in [-0.05, 0) is 12.8 Å². The van der Waals surface area contributed by atoms with Gasteiger partial charge < -0.3 is 21.0 Å². The monoisotopic (exact) mass is 286 g/mol. The molecule has 1 fully saturated rings. The van der Waals surface area contributed by atoms with E-state index in [0.717, 1.165) is 32.8 Å². The van der Waals surface area contributed by atoms with Crippen molar-refractivity contribution >= 4 is 11.7 Å². The van der Waals surface area contributed by atoms with Crippen LogP contribution >= 0.6 is 0 Å². The maximum atomic E-state index is 12.3. The lowest BCUT2D eigenvalue weighted by Crippen LogP contribution is -2.51. The molecule has 4 N–H and O–H groups in total. The van der Waals surface area contributed by atoms with Gasteiger partial charge in [0.05, 0.1) is 13.2 Å². The van der Waals surface area contributed by atoms with Crippen LogP contribution in [0.5, 0.6) is 0 Å². The molecule has 0 radical (unpaired) electrons. The number of rotatable bonds is 7. The number of hydrogen-bond donors (Lipinski definition) is 3. The van der Waals surface area contributed by atoms with Gasteiger partial charge in [-0.3, -0.25) is 9.69 Å². The molecule has 0 aromatic heterocycles. The Morgan fingerprint density at radius 2 is 2.00 bits per heavy atom. The summed E-state index contributed by atoms with van der Waals surface area (Å²) in [4.78, 5) is 14.6. The van der Waals surface area contributed by atoms with Gasteiger partial charge in [-0.1, -0.05) is 19.0 Å². The van der Waals surface area contributed by atoms with E-state index in [9.17, 15) is 4.79 Å². The van der Waals surface area contributed by atoms with Crippen molar-refractivity contribution in [3.05, 3.63) is 0 Å². The number of hydrogen-bond acceptors (Lipinski definition) is 5. The van der Waals surface area contributed by atoms with Gasteiger partial charge in [0.25, 0.3) is 0 Å². The summed E-state index contributed by atoms with van der Waals surface area (Å²) in [5.74, 6) is -0.197. The molecule has 1 aliphatic heterocycles. The van der Waals surface area contributed by atoms with Crippen LogP contribution in [0.4, 0.5) is 0 Å². The standard InChI is InChI=1S/C13H26N4O3/c1-3-13(4-2,11(14)16-19)12(18)15-5-6-17-7-9-20-10-8-17/h19H,3-10H2,1-2H3,(H2,14,16)(H,15,18). The highest BCUT2D eigenvalue weighted by atomic mass is 16.5. The lowest BCUT2D eigenvalue weighted by atomic mass is 9.80. The van der Waals surface area contributed by atoms with Gasteiger partial charge in [0, 0.05) is 26.2 Å². The van der Waals surface area contributed by atoms with Crippen molar-refractivity contribution in [3.63, 3.8) is 0 Å². The second-order valence-electron chi connectivity index (χ2n) is 4.98. The van der Waals surface area contributed by atoms with Crippen LogP contribution in [0, 0.1) is 5.41 Å². The van der Waals surface area contributed by atoms with Gasteiger partial charge in [-0.2, -0.15) is 0 Å². The smallest absolute Gasteiger partial charge is 0.233 e. The maximum Gasteiger partial charge on any atom is 0.233 e. The second-order valence-corrected chi connectivity index (χ2v) is 4.98. The number of nitrogens with zero attached hydrogens (tertiary/aromatic N) is 2. The third-order valence-electron chi connectivity index (χ3n) is 4.06. The highest BCUT2D eigenvalue weighted by Gasteiger charge is 2.39. The lowest BCUT2D eigenvalue weighted by molar-refractivity contribution is -0.128. The molecule has 0 aromatic carbocycles. The predicted octanol–water partition coefficient (Wildman–Crippen LogP) is -0.0124. The number of ether oxygens (including phenoxy) is 1. The first-order valence-corrected chi connectivity index (χ1v) is 7.17. The molecular formula is C13H26N4O3. The molecule has 1 heterocycles. The molecule has 116 valence electrons. The van der Waals surface area contributed by atoms with Gasteiger partial charge in [0.1, 0.15) is 5.41 Å². The zero-order chi connectivity index (χ0) is 15.0. The number of morpholine rings is 1. The molecule has 0 spiro atoms. The van der Waals surface area contributed by atoms with Crippen LogP contribution in [-0.2, 0) is 9.53 Å². The molecular weight excluding hydrogens is 260 g/mol. The first kappa shape index (κ1) is 16.7. The number of nitrogens with one attached hydrogen (secondary N) is 1. The molecule has 0 aliphatic carbocycles. The Bertz CT molecular complexity index is 337. The second kappa shape index (κ2) is 8.06. The minimum Gasteiger partial charge on any atom is -0.409 e. The van der Waals surface area contributed by atoms with E-state index in [1.54, 1.807) is 0 Å². The average molecular weight is 286 g/mol. The third kappa shape index (κ3) is 3.83. The summed E-state index contributed by atoms with van der Waals surface area (Å²) in [6.07, 6.45) is 1.01. The number of amidine groups is 1. The van der Waals surface area contributed by atoms with Crippen LogP contribution in [-0.4, -0.2) is 61.2 Å². The van der Waals surface area contributed by atoms with Crippen LogP contribution in [0.2, 0.25) is 0 Å². The Morgan fingerprint density at radius 3 is 2.50 bits per heavy atom. The summed E-state index contributed by atoms with van der Waals surface area (Å²) in [5, 5.41) is 14.8. The quantitative estimate of drug-likeness (QED) is 0.264. The Kier molecular flexibility index (Phi) is 6.74. The van der Waals surface area contributed by atoms with Gasteiger partial charge in [-0.15, -0.1) is 0 Å². The Morgan fingerprint density at radius 1 is 1.40 bits per heavy atom. The first-order chi connectivity index (χ1) is 9.60. The van der Waals surface area contributed by atoms with Crippen molar-refractivity contribution in [1.29, 1.82) is 0 Å². The van der Waals surface area contributed by atoms with E-state index in [-0.39, 0.29) is 11.7 Å². The fraction of sp³-hybridized carbons (Fsp3) is 0.846. The highest BCUT2D eigenvalue weighted by molar-refractivity contribution is 6.06. The molecule has 1 rings (SSSR count). The molecule has 0 atom stereocenters. The third-order valence-corrected chi connectivity index (χ3v) is 4.06. The minimum absolute atomic E-state index is 0.0219. The van der Waals surface area contributed by atoms with Crippen molar-refractivity contribution in [3.8, 4) is 0 Å². The number of nitrogens with two attached hydrogens (primary N) is 1. The van der Waals surface area contributed by atoms with E-state index in [2.05, 4.69) is 15.4 Å². The topological polar surface area (TPSA) is 100 Å². The summed E-state index contributed by atoms with van der Waals surface area (Å²) in [5.41, 5.74) is 4.78. The molecule has 1 saturated heterocycles. The highest BCUT2D eigenvalue weighted by Crippen LogP contribution is 2.26. The lowest BCUT2D eigenvalue weighted by Gasteiger charge is -2.30. The molecule has 1 aliphatic rings. The van der Waals surface area contributed by atoms with Gasteiger partial charge in [0.15, 0.2) is 5.84 Å². The van der Waals surface area contributed by atoms with Crippen LogP contribution in [0.25, 0.3) is 0 Å². The van der Waals surface area contributed by atoms with Crippen molar-refractivity contribution in [2.75, 3.05) is 39.4 Å². The van der Waals surface area contributed by atoms with Crippen molar-refractivity contribution in [2.24, 2.45) is 16.3 Å².